The van der Waals surface area contributed by atoms with Crippen LogP contribution in [0.3, 0.4) is 0 Å². The summed E-state index contributed by atoms with van der Waals surface area (Å²) in [5, 5.41) is 4.93. The first kappa shape index (κ1) is 16.4. The Labute approximate surface area is 152 Å². The van der Waals surface area contributed by atoms with Crippen molar-refractivity contribution in [1.29, 1.82) is 0 Å². The molecular weight excluding hydrogens is 326 g/mol. The van der Waals surface area contributed by atoms with Crippen molar-refractivity contribution >= 4 is 28.8 Å². The Morgan fingerprint density at radius 3 is 2.58 bits per heavy atom. The van der Waals surface area contributed by atoms with E-state index < -0.39 is 0 Å². The smallest absolute Gasteiger partial charge is 0.307 e. The van der Waals surface area contributed by atoms with E-state index >= 15 is 0 Å². The lowest BCUT2D eigenvalue weighted by atomic mass is 10.1. The molecule has 1 fully saturated rings. The lowest BCUT2D eigenvalue weighted by Gasteiger charge is -2.28. The van der Waals surface area contributed by atoms with Crippen LogP contribution in [0.25, 0.3) is 11.0 Å². The van der Waals surface area contributed by atoms with E-state index in [1.54, 1.807) is 12.3 Å². The third-order valence-corrected chi connectivity index (χ3v) is 4.64. The van der Waals surface area contributed by atoms with E-state index in [1.165, 1.54) is 24.9 Å². The first-order valence-corrected chi connectivity index (χ1v) is 8.96. The molecule has 0 unspecified atom stereocenters. The maximum Gasteiger partial charge on any atom is 0.307 e. The molecule has 5 nitrogen and oxygen atoms in total. The van der Waals surface area contributed by atoms with E-state index in [4.69, 9.17) is 4.42 Å². The Morgan fingerprint density at radius 1 is 1.04 bits per heavy atom. The van der Waals surface area contributed by atoms with Gasteiger partial charge in [0.05, 0.1) is 6.21 Å². The number of carbonyl (C=O) groups is 1. The van der Waals surface area contributed by atoms with E-state index in [0.29, 0.717) is 5.58 Å². The fourth-order valence-electron chi connectivity index (χ4n) is 3.24. The van der Waals surface area contributed by atoms with Gasteiger partial charge in [-0.25, -0.2) is 5.43 Å². The quantitative estimate of drug-likeness (QED) is 0.569. The normalized spacial score (nSPS) is 14.8. The number of benzene rings is 2. The predicted molar refractivity (Wildman–Crippen MR) is 104 cm³/mol. The highest BCUT2D eigenvalue weighted by Crippen LogP contribution is 2.20. The number of nitrogens with one attached hydrogen (secondary N) is 1. The van der Waals surface area contributed by atoms with Gasteiger partial charge in [0.15, 0.2) is 5.76 Å². The van der Waals surface area contributed by atoms with Crippen molar-refractivity contribution in [3.63, 3.8) is 0 Å². The molecule has 1 aliphatic rings. The number of para-hydroxylation sites is 1. The van der Waals surface area contributed by atoms with E-state index in [1.807, 2.05) is 36.4 Å². The molecule has 1 N–H and O–H groups in total. The molecular formula is C21H21N3O2. The van der Waals surface area contributed by atoms with Crippen molar-refractivity contribution in [3.8, 4) is 0 Å². The van der Waals surface area contributed by atoms with Gasteiger partial charge in [0.2, 0.25) is 0 Å². The molecule has 132 valence electrons. The maximum absolute atomic E-state index is 12.1. The molecule has 26 heavy (non-hydrogen) atoms. The molecule has 0 spiro atoms. The van der Waals surface area contributed by atoms with Gasteiger partial charge in [0.1, 0.15) is 5.58 Å². The van der Waals surface area contributed by atoms with E-state index in [-0.39, 0.29) is 11.7 Å². The number of carbonyl (C=O) groups excluding carboxylic acids is 1. The average molecular weight is 347 g/mol. The summed E-state index contributed by atoms with van der Waals surface area (Å²) in [6.45, 7) is 2.25. The second-order valence-electron chi connectivity index (χ2n) is 6.49. The number of nitrogens with zero attached hydrogens (tertiary/aromatic N) is 2. The lowest BCUT2D eigenvalue weighted by molar-refractivity contribution is 0.0929. The van der Waals surface area contributed by atoms with Crippen LogP contribution in [-0.4, -0.2) is 25.2 Å². The number of fused-ring (bicyclic) bond motifs is 1. The molecule has 1 aromatic heterocycles. The van der Waals surface area contributed by atoms with E-state index in [2.05, 4.69) is 27.6 Å². The van der Waals surface area contributed by atoms with Crippen molar-refractivity contribution in [2.75, 3.05) is 18.0 Å². The van der Waals surface area contributed by atoms with Crippen molar-refractivity contribution in [2.24, 2.45) is 5.10 Å². The van der Waals surface area contributed by atoms with E-state index in [0.717, 1.165) is 24.0 Å². The number of anilines is 1. The highest BCUT2D eigenvalue weighted by atomic mass is 16.3. The molecule has 2 heterocycles. The first-order chi connectivity index (χ1) is 12.8. The summed E-state index contributed by atoms with van der Waals surface area (Å²) in [5.74, 6) is -0.105. The number of amides is 1. The summed E-state index contributed by atoms with van der Waals surface area (Å²) in [7, 11) is 0. The van der Waals surface area contributed by atoms with Crippen LogP contribution < -0.4 is 10.3 Å². The third-order valence-electron chi connectivity index (χ3n) is 4.64. The zero-order valence-electron chi connectivity index (χ0n) is 14.5. The molecule has 4 rings (SSSR count). The molecule has 3 aromatic rings. The van der Waals surface area contributed by atoms with Crippen LogP contribution in [0.15, 0.2) is 64.1 Å². The molecule has 5 heteroatoms. The van der Waals surface area contributed by atoms with Gasteiger partial charge in [-0.1, -0.05) is 30.3 Å². The van der Waals surface area contributed by atoms with Crippen LogP contribution in [0.1, 0.15) is 35.4 Å². The molecule has 0 atom stereocenters. The number of piperidine rings is 1. The van der Waals surface area contributed by atoms with Gasteiger partial charge in [-0.3, -0.25) is 4.79 Å². The topological polar surface area (TPSA) is 57.8 Å². The average Bonchev–Trinajstić information content (AvgIpc) is 3.13. The fraction of sp³-hybridized carbons (Fsp3) is 0.238. The Kier molecular flexibility index (Phi) is 4.69. The van der Waals surface area contributed by atoms with Crippen LogP contribution in [0.4, 0.5) is 5.69 Å². The lowest BCUT2D eigenvalue weighted by Crippen LogP contribution is -2.29. The zero-order valence-corrected chi connectivity index (χ0v) is 14.5. The van der Waals surface area contributed by atoms with Crippen LogP contribution >= 0.6 is 0 Å². The van der Waals surface area contributed by atoms with Gasteiger partial charge in [0.25, 0.3) is 0 Å². The second kappa shape index (κ2) is 7.44. The first-order valence-electron chi connectivity index (χ1n) is 8.96. The second-order valence-corrected chi connectivity index (χ2v) is 6.49. The summed E-state index contributed by atoms with van der Waals surface area (Å²) in [6.07, 6.45) is 5.49. The van der Waals surface area contributed by atoms with Crippen LogP contribution in [0, 0.1) is 0 Å². The van der Waals surface area contributed by atoms with Crippen molar-refractivity contribution < 1.29 is 9.21 Å². The predicted octanol–water partition coefficient (Wildman–Crippen LogP) is 4.19. The molecule has 0 saturated carbocycles. The monoisotopic (exact) mass is 347 g/mol. The molecule has 0 radical (unpaired) electrons. The number of hydrogen-bond donors (Lipinski definition) is 1. The summed E-state index contributed by atoms with van der Waals surface area (Å²) in [5.41, 5.74) is 5.39. The summed E-state index contributed by atoms with van der Waals surface area (Å²) >= 11 is 0. The zero-order chi connectivity index (χ0) is 17.8. The minimum atomic E-state index is -0.359. The Morgan fingerprint density at radius 2 is 1.81 bits per heavy atom. The largest absolute Gasteiger partial charge is 0.451 e. The maximum atomic E-state index is 12.1. The minimum Gasteiger partial charge on any atom is -0.451 e. The highest BCUT2D eigenvalue weighted by Gasteiger charge is 2.11. The Bertz CT molecular complexity index is 889. The van der Waals surface area contributed by atoms with Gasteiger partial charge in [-0.15, -0.1) is 0 Å². The molecule has 1 aliphatic heterocycles. The standard InChI is InChI=1S/C21H21N3O2/c25-21(20-14-17-6-2-3-7-19(17)26-20)23-22-15-16-8-10-18(11-9-16)24-12-4-1-5-13-24/h2-3,6-11,14-15H,1,4-5,12-13H2,(H,23,25)/b22-15+. The molecule has 0 aliphatic carbocycles. The van der Waals surface area contributed by atoms with Crippen LogP contribution in [0.2, 0.25) is 0 Å². The molecule has 1 saturated heterocycles. The number of hydrogen-bond acceptors (Lipinski definition) is 4. The van der Waals surface area contributed by atoms with E-state index in [9.17, 15) is 4.79 Å². The molecule has 2 aromatic carbocycles. The summed E-state index contributed by atoms with van der Waals surface area (Å²) in [6, 6.07) is 17.5. The Hall–Kier alpha value is -3.08. The summed E-state index contributed by atoms with van der Waals surface area (Å²) < 4.78 is 5.52. The highest BCUT2D eigenvalue weighted by molar-refractivity contribution is 5.96. The van der Waals surface area contributed by atoms with Gasteiger partial charge >= 0.3 is 5.91 Å². The minimum absolute atomic E-state index is 0.254. The van der Waals surface area contributed by atoms with Crippen molar-refractivity contribution in [2.45, 2.75) is 19.3 Å². The van der Waals surface area contributed by atoms with Gasteiger partial charge in [0, 0.05) is 24.2 Å². The third kappa shape index (κ3) is 3.61. The fourth-order valence-corrected chi connectivity index (χ4v) is 3.24. The van der Waals surface area contributed by atoms with Gasteiger partial charge in [-0.2, -0.15) is 5.10 Å². The molecule has 0 bridgehead atoms. The number of hydrazone groups is 1. The van der Waals surface area contributed by atoms with Crippen LogP contribution in [0.5, 0.6) is 0 Å². The molecule has 1 amide bonds. The van der Waals surface area contributed by atoms with Crippen molar-refractivity contribution in [3.05, 3.63) is 65.9 Å². The summed E-state index contributed by atoms with van der Waals surface area (Å²) in [4.78, 5) is 14.6. The van der Waals surface area contributed by atoms with Crippen LogP contribution in [-0.2, 0) is 0 Å². The number of furan rings is 1. The SMILES string of the molecule is O=C(N/N=C/c1ccc(N2CCCCC2)cc1)c1cc2ccccc2o1. The van der Waals surface area contributed by atoms with Crippen molar-refractivity contribution in [1.82, 2.24) is 5.43 Å². The number of rotatable bonds is 4. The van der Waals surface area contributed by atoms with Gasteiger partial charge < -0.3 is 9.32 Å². The Balaban J connectivity index is 1.37. The van der Waals surface area contributed by atoms with Gasteiger partial charge in [-0.05, 0) is 49.1 Å².